The van der Waals surface area contributed by atoms with Crippen LogP contribution in [0.25, 0.3) is 6.08 Å². The van der Waals surface area contributed by atoms with E-state index in [1.807, 2.05) is 0 Å². The van der Waals surface area contributed by atoms with Gasteiger partial charge >= 0.3 is 6.18 Å². The Labute approximate surface area is 150 Å². The number of alkyl halides is 3. The van der Waals surface area contributed by atoms with Crippen LogP contribution in [0.4, 0.5) is 18.9 Å². The van der Waals surface area contributed by atoms with Crippen LogP contribution in [0.2, 0.25) is 0 Å². The van der Waals surface area contributed by atoms with Crippen molar-refractivity contribution in [3.63, 3.8) is 0 Å². The molecule has 1 fully saturated rings. The average molecular weight is 388 g/mol. The molecule has 0 spiro atoms. The van der Waals surface area contributed by atoms with Crippen molar-refractivity contribution in [3.8, 4) is 0 Å². The van der Waals surface area contributed by atoms with Crippen LogP contribution in [0.1, 0.15) is 12.0 Å². The molecule has 9 heteroatoms. The summed E-state index contributed by atoms with van der Waals surface area (Å²) in [6.45, 7) is 2.20. The Kier molecular flexibility index (Phi) is 6.12. The second-order valence-electron chi connectivity index (χ2n) is 5.79. The molecule has 1 amide bonds. The molecule has 0 N–H and O–H groups in total. The van der Waals surface area contributed by atoms with E-state index >= 15 is 0 Å². The number of halogens is 3. The van der Waals surface area contributed by atoms with Crippen molar-refractivity contribution < 1.29 is 26.4 Å². The van der Waals surface area contributed by atoms with Gasteiger partial charge in [0.25, 0.3) is 0 Å². The number of carbonyl (C=O) groups is 1. The van der Waals surface area contributed by atoms with E-state index in [0.29, 0.717) is 29.1 Å². The van der Waals surface area contributed by atoms with Gasteiger partial charge in [-0.15, -0.1) is 6.58 Å². The quantitative estimate of drug-likeness (QED) is 0.556. The smallest absolute Gasteiger partial charge is 0.326 e. The Morgan fingerprint density at radius 3 is 2.42 bits per heavy atom. The first-order valence-corrected chi connectivity index (χ1v) is 9.48. The standard InChI is InChI=1S/C17H19F3N2O3S/c1-2-10-21(13-17(18,19)20)16(23)9-6-14-4-7-15(8-5-14)22-11-3-12-26(22,24)25/h2,4-9H,1,3,10-13H2/b9-6+. The summed E-state index contributed by atoms with van der Waals surface area (Å²) in [5.74, 6) is -0.671. The molecular weight excluding hydrogens is 369 g/mol. The third-order valence-corrected chi connectivity index (χ3v) is 5.60. The fourth-order valence-corrected chi connectivity index (χ4v) is 4.12. The molecule has 5 nitrogen and oxygen atoms in total. The Morgan fingerprint density at radius 2 is 1.92 bits per heavy atom. The van der Waals surface area contributed by atoms with Crippen molar-refractivity contribution in [3.05, 3.63) is 48.6 Å². The molecule has 142 valence electrons. The van der Waals surface area contributed by atoms with E-state index < -0.39 is 28.7 Å². The van der Waals surface area contributed by atoms with Crippen LogP contribution in [0.15, 0.2) is 43.0 Å². The maximum absolute atomic E-state index is 12.5. The lowest BCUT2D eigenvalue weighted by molar-refractivity contribution is -0.157. The van der Waals surface area contributed by atoms with Gasteiger partial charge in [-0.3, -0.25) is 9.10 Å². The van der Waals surface area contributed by atoms with Crippen LogP contribution in [-0.2, 0) is 14.8 Å². The van der Waals surface area contributed by atoms with E-state index in [1.165, 1.54) is 16.5 Å². The molecule has 1 aliphatic rings. The molecule has 26 heavy (non-hydrogen) atoms. The lowest BCUT2D eigenvalue weighted by Gasteiger charge is -2.21. The summed E-state index contributed by atoms with van der Waals surface area (Å²) >= 11 is 0. The molecule has 1 aromatic rings. The van der Waals surface area contributed by atoms with Crippen molar-refractivity contribution in [2.24, 2.45) is 0 Å². The van der Waals surface area contributed by atoms with E-state index in [9.17, 15) is 26.4 Å². The van der Waals surface area contributed by atoms with Crippen LogP contribution in [-0.4, -0.2) is 50.8 Å². The summed E-state index contributed by atoms with van der Waals surface area (Å²) in [6, 6.07) is 6.41. The van der Waals surface area contributed by atoms with E-state index in [-0.39, 0.29) is 12.3 Å². The van der Waals surface area contributed by atoms with E-state index in [2.05, 4.69) is 6.58 Å². The van der Waals surface area contributed by atoms with Crippen LogP contribution in [0.3, 0.4) is 0 Å². The van der Waals surface area contributed by atoms with Crippen LogP contribution in [0.5, 0.6) is 0 Å². The first kappa shape index (κ1) is 20.0. The molecule has 0 radical (unpaired) electrons. The first-order chi connectivity index (χ1) is 12.1. The van der Waals surface area contributed by atoms with Crippen molar-refractivity contribution in [1.82, 2.24) is 4.90 Å². The number of sulfonamides is 1. The van der Waals surface area contributed by atoms with Gasteiger partial charge in [0.05, 0.1) is 11.4 Å². The molecular formula is C17H19F3N2O3S. The van der Waals surface area contributed by atoms with Crippen molar-refractivity contribution in [1.29, 1.82) is 0 Å². The van der Waals surface area contributed by atoms with Crippen LogP contribution < -0.4 is 4.31 Å². The summed E-state index contributed by atoms with van der Waals surface area (Å²) in [5, 5.41) is 0. The fraction of sp³-hybridized carbons (Fsp3) is 0.353. The minimum Gasteiger partial charge on any atom is -0.326 e. The topological polar surface area (TPSA) is 57.7 Å². The number of nitrogens with zero attached hydrogens (tertiary/aromatic N) is 2. The number of anilines is 1. The summed E-state index contributed by atoms with van der Waals surface area (Å²) in [6.07, 6.45) is -0.261. The van der Waals surface area contributed by atoms with E-state index in [4.69, 9.17) is 0 Å². The third kappa shape index (κ3) is 5.35. The molecule has 1 heterocycles. The second-order valence-corrected chi connectivity index (χ2v) is 7.80. The Balaban J connectivity index is 2.07. The monoisotopic (exact) mass is 388 g/mol. The largest absolute Gasteiger partial charge is 0.406 e. The van der Waals surface area contributed by atoms with Gasteiger partial charge in [-0.2, -0.15) is 13.2 Å². The highest BCUT2D eigenvalue weighted by Crippen LogP contribution is 2.24. The van der Waals surface area contributed by atoms with Crippen LogP contribution in [0, 0.1) is 0 Å². The molecule has 0 unspecified atom stereocenters. The molecule has 2 rings (SSSR count). The second kappa shape index (κ2) is 7.94. The molecule has 1 saturated heterocycles. The summed E-state index contributed by atoms with van der Waals surface area (Å²) < 4.78 is 62.6. The third-order valence-electron chi connectivity index (χ3n) is 3.73. The molecule has 0 saturated carbocycles. The predicted molar refractivity (Wildman–Crippen MR) is 94.1 cm³/mol. The first-order valence-electron chi connectivity index (χ1n) is 7.87. The van der Waals surface area contributed by atoms with Gasteiger partial charge in [-0.05, 0) is 30.2 Å². The van der Waals surface area contributed by atoms with E-state index in [0.717, 1.165) is 6.08 Å². The maximum Gasteiger partial charge on any atom is 0.406 e. The minimum absolute atomic E-state index is 0.113. The molecule has 0 bridgehead atoms. The van der Waals surface area contributed by atoms with Crippen molar-refractivity contribution in [2.75, 3.05) is 29.7 Å². The molecule has 1 aromatic carbocycles. The number of amides is 1. The Morgan fingerprint density at radius 1 is 1.27 bits per heavy atom. The van der Waals surface area contributed by atoms with Crippen molar-refractivity contribution >= 4 is 27.7 Å². The lowest BCUT2D eigenvalue weighted by Crippen LogP contribution is -2.38. The lowest BCUT2D eigenvalue weighted by atomic mass is 10.2. The van der Waals surface area contributed by atoms with Gasteiger partial charge in [0.15, 0.2) is 0 Å². The summed E-state index contributed by atoms with van der Waals surface area (Å²) in [5.41, 5.74) is 1.10. The zero-order chi connectivity index (χ0) is 19.4. The Bertz CT molecular complexity index is 786. The van der Waals surface area contributed by atoms with Crippen molar-refractivity contribution in [2.45, 2.75) is 12.6 Å². The number of carbonyl (C=O) groups excluding carboxylic acids is 1. The number of benzene rings is 1. The highest BCUT2D eigenvalue weighted by molar-refractivity contribution is 7.93. The predicted octanol–water partition coefficient (Wildman–Crippen LogP) is 2.82. The highest BCUT2D eigenvalue weighted by atomic mass is 32.2. The minimum atomic E-state index is -4.49. The SMILES string of the molecule is C=CCN(CC(F)(F)F)C(=O)/C=C/c1ccc(N2CCCS2(=O)=O)cc1. The number of hydrogen-bond donors (Lipinski definition) is 0. The summed E-state index contributed by atoms with van der Waals surface area (Å²) in [4.78, 5) is 12.6. The maximum atomic E-state index is 12.5. The normalized spacial score (nSPS) is 16.8. The Hall–Kier alpha value is -2.29. The average Bonchev–Trinajstić information content (AvgIpc) is 2.91. The van der Waals surface area contributed by atoms with Gasteiger partial charge in [0.2, 0.25) is 15.9 Å². The molecule has 0 atom stereocenters. The summed E-state index contributed by atoms with van der Waals surface area (Å²) in [7, 11) is -3.28. The molecule has 0 aliphatic carbocycles. The fourth-order valence-electron chi connectivity index (χ4n) is 2.56. The molecule has 1 aliphatic heterocycles. The van der Waals surface area contributed by atoms with Gasteiger partial charge in [-0.25, -0.2) is 8.42 Å². The highest BCUT2D eigenvalue weighted by Gasteiger charge is 2.32. The zero-order valence-corrected chi connectivity index (χ0v) is 14.8. The van der Waals surface area contributed by atoms with Gasteiger partial charge in [-0.1, -0.05) is 18.2 Å². The molecule has 0 aromatic heterocycles. The van der Waals surface area contributed by atoms with Gasteiger partial charge < -0.3 is 4.90 Å². The van der Waals surface area contributed by atoms with E-state index in [1.54, 1.807) is 24.3 Å². The van der Waals surface area contributed by atoms with Gasteiger partial charge in [0, 0.05) is 19.2 Å². The number of hydrogen-bond acceptors (Lipinski definition) is 3. The van der Waals surface area contributed by atoms with Crippen LogP contribution >= 0.6 is 0 Å². The zero-order valence-electron chi connectivity index (χ0n) is 13.9. The van der Waals surface area contributed by atoms with Gasteiger partial charge in [0.1, 0.15) is 6.54 Å². The number of rotatable bonds is 6.